The van der Waals surface area contributed by atoms with Gasteiger partial charge in [-0.2, -0.15) is 22.7 Å². The zero-order valence-corrected chi connectivity index (χ0v) is 19.5. The monoisotopic (exact) mass is 474 g/mol. The molecular weight excluding hydrogens is 452 g/mol. The van der Waals surface area contributed by atoms with E-state index in [4.69, 9.17) is 4.42 Å². The lowest BCUT2D eigenvalue weighted by molar-refractivity contribution is -0.116. The van der Waals surface area contributed by atoms with Crippen molar-refractivity contribution in [3.05, 3.63) is 68.3 Å². The molecule has 4 aromatic heterocycles. The zero-order valence-electron chi connectivity index (χ0n) is 17.0. The van der Waals surface area contributed by atoms with E-state index in [0.717, 1.165) is 11.1 Å². The van der Waals surface area contributed by atoms with E-state index in [-0.39, 0.29) is 17.8 Å². The van der Waals surface area contributed by atoms with Gasteiger partial charge in [0.15, 0.2) is 5.13 Å². The van der Waals surface area contributed by atoms with Gasteiger partial charge in [0, 0.05) is 11.1 Å². The van der Waals surface area contributed by atoms with Crippen molar-refractivity contribution in [2.75, 3.05) is 10.6 Å². The highest BCUT2D eigenvalue weighted by atomic mass is 32.1. The van der Waals surface area contributed by atoms with Crippen LogP contribution >= 0.6 is 34.0 Å². The lowest BCUT2D eigenvalue weighted by atomic mass is 10.2. The lowest BCUT2D eigenvalue weighted by Crippen LogP contribution is -2.13. The van der Waals surface area contributed by atoms with E-state index in [2.05, 4.69) is 34.4 Å². The Hall–Kier alpha value is -2.82. The Morgan fingerprint density at radius 3 is 2.13 bits per heavy atom. The molecule has 0 saturated carbocycles. The SMILES string of the molecule is CC(C)c1cnc(NC(=O)Cc2ccsc2)s1.O=C(Cc1ccsc1)Nc1ncco1. The molecule has 0 saturated heterocycles. The molecule has 31 heavy (non-hydrogen) atoms. The fraction of sp³-hybridized carbons (Fsp3) is 0.238. The molecule has 10 heteroatoms. The fourth-order valence-corrected chi connectivity index (χ4v) is 4.55. The molecule has 0 aliphatic heterocycles. The summed E-state index contributed by atoms with van der Waals surface area (Å²) < 4.78 is 4.88. The van der Waals surface area contributed by atoms with Gasteiger partial charge in [-0.15, -0.1) is 11.3 Å². The Labute approximate surface area is 192 Å². The molecule has 0 unspecified atom stereocenters. The number of nitrogens with zero attached hydrogens (tertiary/aromatic N) is 2. The second-order valence-corrected chi connectivity index (χ2v) is 9.40. The van der Waals surface area contributed by atoms with Gasteiger partial charge in [0.1, 0.15) is 6.26 Å². The van der Waals surface area contributed by atoms with Gasteiger partial charge in [-0.3, -0.25) is 14.9 Å². The normalized spacial score (nSPS) is 10.4. The average molecular weight is 475 g/mol. The van der Waals surface area contributed by atoms with Crippen LogP contribution in [-0.4, -0.2) is 21.8 Å². The summed E-state index contributed by atoms with van der Waals surface area (Å²) in [6.07, 6.45) is 5.50. The van der Waals surface area contributed by atoms with Gasteiger partial charge in [-0.25, -0.2) is 9.97 Å². The van der Waals surface area contributed by atoms with Crippen molar-refractivity contribution in [1.82, 2.24) is 9.97 Å². The molecule has 7 nitrogen and oxygen atoms in total. The van der Waals surface area contributed by atoms with Gasteiger partial charge in [-0.1, -0.05) is 13.8 Å². The number of carbonyl (C=O) groups is 2. The maximum Gasteiger partial charge on any atom is 0.301 e. The minimum atomic E-state index is -0.120. The number of rotatable bonds is 7. The van der Waals surface area contributed by atoms with Crippen molar-refractivity contribution in [2.24, 2.45) is 0 Å². The van der Waals surface area contributed by atoms with Crippen LogP contribution in [0.3, 0.4) is 0 Å². The van der Waals surface area contributed by atoms with Crippen LogP contribution in [0.2, 0.25) is 0 Å². The van der Waals surface area contributed by atoms with Gasteiger partial charge in [0.2, 0.25) is 11.8 Å². The van der Waals surface area contributed by atoms with E-state index in [9.17, 15) is 9.59 Å². The topological polar surface area (TPSA) is 97.1 Å². The Morgan fingerprint density at radius 2 is 1.65 bits per heavy atom. The first kappa shape index (κ1) is 22.9. The van der Waals surface area contributed by atoms with Crippen LogP contribution in [0.4, 0.5) is 11.1 Å². The van der Waals surface area contributed by atoms with Crippen molar-refractivity contribution < 1.29 is 14.0 Å². The highest BCUT2D eigenvalue weighted by Crippen LogP contribution is 2.25. The molecular formula is C21H22N4O3S3. The van der Waals surface area contributed by atoms with Crippen molar-refractivity contribution in [3.8, 4) is 0 Å². The predicted octanol–water partition coefficient (Wildman–Crippen LogP) is 5.43. The molecule has 2 amide bonds. The van der Waals surface area contributed by atoms with E-state index < -0.39 is 0 Å². The van der Waals surface area contributed by atoms with Crippen LogP contribution in [0.5, 0.6) is 0 Å². The van der Waals surface area contributed by atoms with Crippen molar-refractivity contribution in [3.63, 3.8) is 0 Å². The standard InChI is InChI=1S/C12H14N2OS2.C9H8N2O2S/c1-8(2)10-6-13-12(17-10)14-11(15)5-9-3-4-16-7-9;12-8(5-7-1-4-14-6-7)11-9-10-2-3-13-9/h3-4,6-8H,5H2,1-2H3,(H,13,14,15);1-4,6H,5H2,(H,10,11,12). The second kappa shape index (κ2) is 11.5. The summed E-state index contributed by atoms with van der Waals surface area (Å²) in [7, 11) is 0. The maximum absolute atomic E-state index is 11.7. The van der Waals surface area contributed by atoms with Gasteiger partial charge in [0.25, 0.3) is 0 Å². The number of oxazole rings is 1. The number of anilines is 2. The van der Waals surface area contributed by atoms with Crippen LogP contribution in [0.1, 0.15) is 35.8 Å². The minimum absolute atomic E-state index is 0.00643. The molecule has 0 atom stereocenters. The van der Waals surface area contributed by atoms with Gasteiger partial charge >= 0.3 is 6.01 Å². The number of hydrogen-bond acceptors (Lipinski definition) is 8. The van der Waals surface area contributed by atoms with E-state index in [1.165, 1.54) is 17.3 Å². The number of amides is 2. The van der Waals surface area contributed by atoms with Crippen LogP contribution < -0.4 is 10.6 Å². The third-order valence-corrected chi connectivity index (χ3v) is 6.58. The van der Waals surface area contributed by atoms with Crippen LogP contribution in [0.25, 0.3) is 0 Å². The number of thiazole rings is 1. The number of hydrogen-bond donors (Lipinski definition) is 2. The zero-order chi connectivity index (χ0) is 22.1. The highest BCUT2D eigenvalue weighted by Gasteiger charge is 2.09. The quantitative estimate of drug-likeness (QED) is 0.372. The first-order valence-corrected chi connectivity index (χ1v) is 12.2. The molecule has 0 spiro atoms. The van der Waals surface area contributed by atoms with Gasteiger partial charge in [-0.05, 0) is 50.7 Å². The summed E-state index contributed by atoms with van der Waals surface area (Å²) >= 11 is 4.71. The summed E-state index contributed by atoms with van der Waals surface area (Å²) in [4.78, 5) is 32.3. The van der Waals surface area contributed by atoms with E-state index in [1.54, 1.807) is 34.0 Å². The summed E-state index contributed by atoms with van der Waals surface area (Å²) in [6.45, 7) is 4.23. The molecule has 0 radical (unpaired) electrons. The second-order valence-electron chi connectivity index (χ2n) is 6.77. The Morgan fingerprint density at radius 1 is 1.00 bits per heavy atom. The fourth-order valence-electron chi connectivity index (χ4n) is 2.38. The predicted molar refractivity (Wildman–Crippen MR) is 126 cm³/mol. The summed E-state index contributed by atoms with van der Waals surface area (Å²) in [5.74, 6) is 0.328. The van der Waals surface area contributed by atoms with Crippen molar-refractivity contribution in [2.45, 2.75) is 32.6 Å². The summed E-state index contributed by atoms with van der Waals surface area (Å²) in [6, 6.07) is 4.12. The molecule has 4 heterocycles. The number of thiophene rings is 2. The molecule has 0 bridgehead atoms. The third-order valence-electron chi connectivity index (χ3n) is 3.91. The molecule has 0 aliphatic carbocycles. The van der Waals surface area contributed by atoms with E-state index in [0.29, 0.717) is 23.9 Å². The smallest absolute Gasteiger partial charge is 0.301 e. The lowest BCUT2D eigenvalue weighted by Gasteiger charge is -2.00. The molecule has 0 fully saturated rings. The summed E-state index contributed by atoms with van der Waals surface area (Å²) in [5, 5.41) is 13.9. The van der Waals surface area contributed by atoms with Crippen LogP contribution in [0, 0.1) is 0 Å². The van der Waals surface area contributed by atoms with Crippen LogP contribution in [-0.2, 0) is 22.4 Å². The molecule has 0 aliphatic rings. The minimum Gasteiger partial charge on any atom is -0.432 e. The van der Waals surface area contributed by atoms with E-state index in [1.807, 2.05) is 39.8 Å². The Balaban J connectivity index is 0.000000179. The molecule has 162 valence electrons. The van der Waals surface area contributed by atoms with Gasteiger partial charge < -0.3 is 9.73 Å². The first-order chi connectivity index (χ1) is 15.0. The average Bonchev–Trinajstić information content (AvgIpc) is 3.51. The van der Waals surface area contributed by atoms with E-state index >= 15 is 0 Å². The molecule has 4 rings (SSSR count). The summed E-state index contributed by atoms with van der Waals surface area (Å²) in [5.41, 5.74) is 2.05. The Bertz CT molecular complexity index is 1020. The molecule has 0 aromatic carbocycles. The molecule has 4 aromatic rings. The Kier molecular flexibility index (Phi) is 8.51. The first-order valence-electron chi connectivity index (χ1n) is 9.46. The van der Waals surface area contributed by atoms with Crippen molar-refractivity contribution in [1.29, 1.82) is 0 Å². The number of aromatic nitrogens is 2. The highest BCUT2D eigenvalue weighted by molar-refractivity contribution is 7.15. The number of nitrogens with one attached hydrogen (secondary N) is 2. The maximum atomic E-state index is 11.7. The van der Waals surface area contributed by atoms with Gasteiger partial charge in [0.05, 0.1) is 19.0 Å². The van der Waals surface area contributed by atoms with Crippen molar-refractivity contribution >= 4 is 57.0 Å². The number of carbonyl (C=O) groups excluding carboxylic acids is 2. The molecule has 2 N–H and O–H groups in total. The third kappa shape index (κ3) is 7.74. The largest absolute Gasteiger partial charge is 0.432 e. The van der Waals surface area contributed by atoms with Crippen LogP contribution in [0.15, 0.2) is 56.7 Å².